The van der Waals surface area contributed by atoms with Crippen molar-refractivity contribution < 1.29 is 13.5 Å². The summed E-state index contributed by atoms with van der Waals surface area (Å²) in [5.41, 5.74) is 1.76. The molecule has 2 rings (SSSR count). The third-order valence-corrected chi connectivity index (χ3v) is 3.66. The van der Waals surface area contributed by atoms with Gasteiger partial charge in [0.05, 0.1) is 12.7 Å². The quantitative estimate of drug-likeness (QED) is 0.901. The zero-order valence-corrected chi connectivity index (χ0v) is 11.5. The Morgan fingerprint density at radius 3 is 2.74 bits per heavy atom. The van der Waals surface area contributed by atoms with Crippen molar-refractivity contribution >= 4 is 0 Å². The lowest BCUT2D eigenvalue weighted by atomic mass is 9.94. The first-order valence-electron chi connectivity index (χ1n) is 6.80. The summed E-state index contributed by atoms with van der Waals surface area (Å²) in [6.07, 6.45) is 1.76. The molecule has 1 aliphatic heterocycles. The summed E-state index contributed by atoms with van der Waals surface area (Å²) in [5.74, 6) is 0.355. The molecule has 1 N–H and O–H groups in total. The molecular weight excluding hydrogens is 248 g/mol. The van der Waals surface area contributed by atoms with Crippen LogP contribution in [-0.2, 0) is 6.42 Å². The summed E-state index contributed by atoms with van der Waals surface area (Å²) >= 11 is 0. The SMILES string of the molecule is COc1c(CC2CCCCN2)cc(C)cc1C(F)F. The molecule has 1 aliphatic rings. The molecule has 0 radical (unpaired) electrons. The number of hydrogen-bond acceptors (Lipinski definition) is 2. The number of hydrogen-bond donors (Lipinski definition) is 1. The van der Waals surface area contributed by atoms with Gasteiger partial charge >= 0.3 is 0 Å². The highest BCUT2D eigenvalue weighted by molar-refractivity contribution is 5.45. The predicted molar refractivity (Wildman–Crippen MR) is 72.0 cm³/mol. The van der Waals surface area contributed by atoms with Gasteiger partial charge in [0.15, 0.2) is 0 Å². The van der Waals surface area contributed by atoms with Crippen LogP contribution in [0.25, 0.3) is 0 Å². The molecule has 0 spiro atoms. The lowest BCUT2D eigenvalue weighted by Gasteiger charge is -2.25. The van der Waals surface area contributed by atoms with Crippen molar-refractivity contribution in [3.8, 4) is 5.75 Å². The molecule has 1 aromatic carbocycles. The molecule has 0 saturated carbocycles. The standard InChI is InChI=1S/C15H21F2NO/c1-10-7-11(9-12-5-3-4-6-18-12)14(19-2)13(8-10)15(16)17/h7-8,12,15,18H,3-6,9H2,1-2H3. The summed E-state index contributed by atoms with van der Waals surface area (Å²) < 4.78 is 31.3. The minimum atomic E-state index is -2.49. The molecule has 0 aliphatic carbocycles. The van der Waals surface area contributed by atoms with E-state index in [9.17, 15) is 8.78 Å². The lowest BCUT2D eigenvalue weighted by Crippen LogP contribution is -2.35. The third kappa shape index (κ3) is 3.44. The molecule has 1 atom stereocenters. The van der Waals surface area contributed by atoms with Gasteiger partial charge in [-0.1, -0.05) is 18.1 Å². The number of methoxy groups -OCH3 is 1. The first-order valence-corrected chi connectivity index (χ1v) is 6.80. The Morgan fingerprint density at radius 1 is 1.37 bits per heavy atom. The topological polar surface area (TPSA) is 21.3 Å². The van der Waals surface area contributed by atoms with Crippen LogP contribution in [0.15, 0.2) is 12.1 Å². The third-order valence-electron chi connectivity index (χ3n) is 3.66. The van der Waals surface area contributed by atoms with Crippen LogP contribution in [0.5, 0.6) is 5.75 Å². The second-order valence-corrected chi connectivity index (χ2v) is 5.20. The van der Waals surface area contributed by atoms with Crippen molar-refractivity contribution in [1.29, 1.82) is 0 Å². The number of piperidine rings is 1. The maximum Gasteiger partial charge on any atom is 0.267 e. The van der Waals surface area contributed by atoms with Gasteiger partial charge in [-0.3, -0.25) is 0 Å². The second-order valence-electron chi connectivity index (χ2n) is 5.20. The van der Waals surface area contributed by atoms with Crippen LogP contribution >= 0.6 is 0 Å². The van der Waals surface area contributed by atoms with Crippen LogP contribution in [-0.4, -0.2) is 19.7 Å². The van der Waals surface area contributed by atoms with E-state index in [1.165, 1.54) is 26.0 Å². The second kappa shape index (κ2) is 6.33. The fourth-order valence-electron chi connectivity index (χ4n) is 2.80. The van der Waals surface area contributed by atoms with E-state index >= 15 is 0 Å². The smallest absolute Gasteiger partial charge is 0.267 e. The minimum Gasteiger partial charge on any atom is -0.496 e. The van der Waals surface area contributed by atoms with Gasteiger partial charge in [-0.2, -0.15) is 0 Å². The highest BCUT2D eigenvalue weighted by atomic mass is 19.3. The first-order chi connectivity index (χ1) is 9.11. The van der Waals surface area contributed by atoms with Crippen LogP contribution in [0.3, 0.4) is 0 Å². The van der Waals surface area contributed by atoms with Crippen molar-refractivity contribution in [2.24, 2.45) is 0 Å². The Kier molecular flexibility index (Phi) is 4.75. The van der Waals surface area contributed by atoms with E-state index in [4.69, 9.17) is 4.74 Å². The summed E-state index contributed by atoms with van der Waals surface area (Å²) in [6.45, 7) is 2.86. The van der Waals surface area contributed by atoms with Crippen LogP contribution < -0.4 is 10.1 Å². The van der Waals surface area contributed by atoms with Crippen molar-refractivity contribution in [3.05, 3.63) is 28.8 Å². The predicted octanol–water partition coefficient (Wildman–Crippen LogP) is 3.63. The highest BCUT2D eigenvalue weighted by Gasteiger charge is 2.21. The number of benzene rings is 1. The minimum absolute atomic E-state index is 0.00769. The Morgan fingerprint density at radius 2 is 2.16 bits per heavy atom. The highest BCUT2D eigenvalue weighted by Crippen LogP contribution is 2.34. The molecule has 0 aromatic heterocycles. The number of ether oxygens (including phenoxy) is 1. The maximum atomic E-state index is 13.1. The number of nitrogens with one attached hydrogen (secondary N) is 1. The van der Waals surface area contributed by atoms with E-state index in [0.29, 0.717) is 11.8 Å². The van der Waals surface area contributed by atoms with Gasteiger partial charge in [0.1, 0.15) is 5.75 Å². The van der Waals surface area contributed by atoms with Crippen molar-refractivity contribution in [2.75, 3.05) is 13.7 Å². The number of rotatable bonds is 4. The normalized spacial score (nSPS) is 19.7. The van der Waals surface area contributed by atoms with E-state index in [-0.39, 0.29) is 5.56 Å². The molecular formula is C15H21F2NO. The van der Waals surface area contributed by atoms with E-state index in [2.05, 4.69) is 5.32 Å². The summed E-state index contributed by atoms with van der Waals surface area (Å²) in [6, 6.07) is 3.84. The van der Waals surface area contributed by atoms with E-state index in [1.807, 2.05) is 13.0 Å². The summed E-state index contributed by atoms with van der Waals surface area (Å²) in [7, 11) is 1.47. The molecule has 1 unspecified atom stereocenters. The monoisotopic (exact) mass is 269 g/mol. The molecule has 19 heavy (non-hydrogen) atoms. The molecule has 0 amide bonds. The van der Waals surface area contributed by atoms with E-state index < -0.39 is 6.43 Å². The molecule has 0 bridgehead atoms. The van der Waals surface area contributed by atoms with Gasteiger partial charge in [-0.15, -0.1) is 0 Å². The fraction of sp³-hybridized carbons (Fsp3) is 0.600. The Balaban J connectivity index is 2.27. The van der Waals surface area contributed by atoms with E-state index in [1.54, 1.807) is 0 Å². The largest absolute Gasteiger partial charge is 0.496 e. The van der Waals surface area contributed by atoms with Gasteiger partial charge in [-0.05, 0) is 44.4 Å². The molecule has 1 heterocycles. The van der Waals surface area contributed by atoms with Crippen LogP contribution in [0, 0.1) is 6.92 Å². The molecule has 1 aromatic rings. The number of aryl methyl sites for hydroxylation is 1. The Labute approximate surface area is 113 Å². The van der Waals surface area contributed by atoms with Crippen molar-refractivity contribution in [3.63, 3.8) is 0 Å². The fourth-order valence-corrected chi connectivity index (χ4v) is 2.80. The van der Waals surface area contributed by atoms with Crippen molar-refractivity contribution in [1.82, 2.24) is 5.32 Å². The van der Waals surface area contributed by atoms with Gasteiger partial charge in [-0.25, -0.2) is 8.78 Å². The van der Waals surface area contributed by atoms with Crippen LogP contribution in [0.2, 0.25) is 0 Å². The first kappa shape index (κ1) is 14.3. The zero-order valence-electron chi connectivity index (χ0n) is 11.5. The lowest BCUT2D eigenvalue weighted by molar-refractivity contribution is 0.146. The summed E-state index contributed by atoms with van der Waals surface area (Å²) in [4.78, 5) is 0. The number of alkyl halides is 2. The molecule has 1 fully saturated rings. The maximum absolute atomic E-state index is 13.1. The zero-order chi connectivity index (χ0) is 13.8. The van der Waals surface area contributed by atoms with Crippen LogP contribution in [0.1, 0.15) is 42.4 Å². The molecule has 1 saturated heterocycles. The van der Waals surface area contributed by atoms with E-state index in [0.717, 1.165) is 30.5 Å². The van der Waals surface area contributed by atoms with Gasteiger partial charge in [0.25, 0.3) is 6.43 Å². The molecule has 4 heteroatoms. The van der Waals surface area contributed by atoms with Gasteiger partial charge in [0, 0.05) is 6.04 Å². The average molecular weight is 269 g/mol. The Bertz CT molecular complexity index is 428. The molecule has 106 valence electrons. The van der Waals surface area contributed by atoms with Gasteiger partial charge < -0.3 is 10.1 Å². The van der Waals surface area contributed by atoms with Crippen molar-refractivity contribution in [2.45, 2.75) is 45.1 Å². The summed E-state index contributed by atoms with van der Waals surface area (Å²) in [5, 5.41) is 3.44. The molecule has 2 nitrogen and oxygen atoms in total. The van der Waals surface area contributed by atoms with Gasteiger partial charge in [0.2, 0.25) is 0 Å². The van der Waals surface area contributed by atoms with Crippen LogP contribution in [0.4, 0.5) is 8.78 Å². The Hall–Kier alpha value is -1.16. The number of halogens is 2. The average Bonchev–Trinajstić information content (AvgIpc) is 2.39.